The average Bonchev–Trinajstić information content (AvgIpc) is 2.73. The fourth-order valence-electron chi connectivity index (χ4n) is 1.77. The molecule has 1 heterocycles. The number of ether oxygens (including phenoxy) is 1. The number of rotatable bonds is 8. The van der Waals surface area contributed by atoms with Crippen molar-refractivity contribution in [1.82, 2.24) is 9.88 Å². The van der Waals surface area contributed by atoms with Crippen LogP contribution in [0.5, 0.6) is 0 Å². The van der Waals surface area contributed by atoms with Gasteiger partial charge >= 0.3 is 0 Å². The first-order chi connectivity index (χ1) is 7.77. The van der Waals surface area contributed by atoms with E-state index in [1.165, 1.54) is 5.56 Å². The van der Waals surface area contributed by atoms with E-state index >= 15 is 0 Å². The lowest BCUT2D eigenvalue weighted by Gasteiger charge is -2.09. The molecule has 1 atom stereocenters. The van der Waals surface area contributed by atoms with Gasteiger partial charge in [-0.2, -0.15) is 0 Å². The van der Waals surface area contributed by atoms with Gasteiger partial charge in [-0.25, -0.2) is 0 Å². The average molecular weight is 224 g/mol. The van der Waals surface area contributed by atoms with Crippen LogP contribution in [0.25, 0.3) is 0 Å². The fourth-order valence-corrected chi connectivity index (χ4v) is 1.77. The number of aromatic nitrogens is 1. The zero-order valence-electron chi connectivity index (χ0n) is 10.7. The molecule has 92 valence electrons. The summed E-state index contributed by atoms with van der Waals surface area (Å²) in [5.41, 5.74) is 1.36. The second kappa shape index (κ2) is 7.47. The minimum atomic E-state index is 0.443. The standard InChI is InChI=1S/C13H24N2O/c1-4-14-12(3)13-7-9-15(11-13)8-6-10-16-5-2/h7,9,11-12,14H,4-6,8,10H2,1-3H3. The van der Waals surface area contributed by atoms with Gasteiger partial charge in [0.25, 0.3) is 0 Å². The molecule has 0 saturated carbocycles. The van der Waals surface area contributed by atoms with E-state index in [0.717, 1.165) is 32.7 Å². The summed E-state index contributed by atoms with van der Waals surface area (Å²) in [7, 11) is 0. The molecule has 0 aliphatic carbocycles. The summed E-state index contributed by atoms with van der Waals surface area (Å²) >= 11 is 0. The SMILES string of the molecule is CCNC(C)c1ccn(CCCOCC)c1. The van der Waals surface area contributed by atoms with Crippen molar-refractivity contribution in [2.24, 2.45) is 0 Å². The zero-order chi connectivity index (χ0) is 11.8. The first-order valence-electron chi connectivity index (χ1n) is 6.24. The van der Waals surface area contributed by atoms with Crippen LogP contribution in [0.15, 0.2) is 18.5 Å². The van der Waals surface area contributed by atoms with Crippen molar-refractivity contribution in [3.05, 3.63) is 24.0 Å². The predicted molar refractivity (Wildman–Crippen MR) is 67.6 cm³/mol. The van der Waals surface area contributed by atoms with Crippen molar-refractivity contribution in [2.75, 3.05) is 19.8 Å². The number of nitrogens with one attached hydrogen (secondary N) is 1. The van der Waals surface area contributed by atoms with Gasteiger partial charge in [0.2, 0.25) is 0 Å². The summed E-state index contributed by atoms with van der Waals surface area (Å²) in [5, 5.41) is 3.41. The lowest BCUT2D eigenvalue weighted by atomic mass is 10.2. The van der Waals surface area contributed by atoms with E-state index in [1.54, 1.807) is 0 Å². The van der Waals surface area contributed by atoms with Gasteiger partial charge < -0.3 is 14.6 Å². The monoisotopic (exact) mass is 224 g/mol. The molecule has 1 rings (SSSR count). The largest absolute Gasteiger partial charge is 0.382 e. The fraction of sp³-hybridized carbons (Fsp3) is 0.692. The van der Waals surface area contributed by atoms with Crippen LogP contribution in [0.1, 0.15) is 38.8 Å². The molecule has 1 aromatic rings. The van der Waals surface area contributed by atoms with Crippen molar-refractivity contribution >= 4 is 0 Å². The normalized spacial score (nSPS) is 12.9. The molecular formula is C13H24N2O. The minimum Gasteiger partial charge on any atom is -0.382 e. The summed E-state index contributed by atoms with van der Waals surface area (Å²) in [4.78, 5) is 0. The van der Waals surface area contributed by atoms with Gasteiger partial charge in [-0.3, -0.25) is 0 Å². The lowest BCUT2D eigenvalue weighted by Crippen LogP contribution is -2.17. The maximum Gasteiger partial charge on any atom is 0.0482 e. The van der Waals surface area contributed by atoms with Crippen molar-refractivity contribution in [3.8, 4) is 0 Å². The van der Waals surface area contributed by atoms with Crippen molar-refractivity contribution in [2.45, 2.75) is 39.8 Å². The van der Waals surface area contributed by atoms with Gasteiger partial charge in [-0.15, -0.1) is 0 Å². The highest BCUT2D eigenvalue weighted by molar-refractivity contribution is 5.14. The summed E-state index contributed by atoms with van der Waals surface area (Å²) in [6, 6.07) is 2.63. The van der Waals surface area contributed by atoms with Gasteiger partial charge in [-0.1, -0.05) is 6.92 Å². The Labute approximate surface area is 98.8 Å². The highest BCUT2D eigenvalue weighted by atomic mass is 16.5. The molecule has 16 heavy (non-hydrogen) atoms. The molecule has 0 aliphatic rings. The van der Waals surface area contributed by atoms with E-state index in [0.29, 0.717) is 6.04 Å². The summed E-state index contributed by atoms with van der Waals surface area (Å²) < 4.78 is 7.56. The molecule has 0 radical (unpaired) electrons. The maximum atomic E-state index is 5.32. The van der Waals surface area contributed by atoms with Crippen LogP contribution < -0.4 is 5.32 Å². The molecule has 0 spiro atoms. The third kappa shape index (κ3) is 4.37. The molecule has 0 amide bonds. The Hall–Kier alpha value is -0.800. The van der Waals surface area contributed by atoms with Crippen LogP contribution in [0.3, 0.4) is 0 Å². The molecule has 0 aromatic carbocycles. The predicted octanol–water partition coefficient (Wildman–Crippen LogP) is 2.59. The quantitative estimate of drug-likeness (QED) is 0.687. The van der Waals surface area contributed by atoms with E-state index in [9.17, 15) is 0 Å². The Morgan fingerprint density at radius 1 is 1.44 bits per heavy atom. The lowest BCUT2D eigenvalue weighted by molar-refractivity contribution is 0.141. The Morgan fingerprint density at radius 2 is 2.25 bits per heavy atom. The molecule has 0 fully saturated rings. The van der Waals surface area contributed by atoms with E-state index < -0.39 is 0 Å². The third-order valence-corrected chi connectivity index (χ3v) is 2.69. The topological polar surface area (TPSA) is 26.2 Å². The Balaban J connectivity index is 2.33. The smallest absolute Gasteiger partial charge is 0.0482 e. The van der Waals surface area contributed by atoms with Crippen LogP contribution in [-0.2, 0) is 11.3 Å². The molecule has 1 aromatic heterocycles. The first-order valence-corrected chi connectivity index (χ1v) is 6.24. The van der Waals surface area contributed by atoms with Crippen LogP contribution in [0, 0.1) is 0 Å². The van der Waals surface area contributed by atoms with E-state index in [1.807, 2.05) is 6.92 Å². The second-order valence-electron chi connectivity index (χ2n) is 4.01. The Bertz CT molecular complexity index is 283. The number of aryl methyl sites for hydroxylation is 1. The molecule has 1 N–H and O–H groups in total. The van der Waals surface area contributed by atoms with E-state index in [2.05, 4.69) is 42.2 Å². The summed E-state index contributed by atoms with van der Waals surface area (Å²) in [5.74, 6) is 0. The Morgan fingerprint density at radius 3 is 2.94 bits per heavy atom. The molecule has 3 nitrogen and oxygen atoms in total. The van der Waals surface area contributed by atoms with Crippen molar-refractivity contribution in [3.63, 3.8) is 0 Å². The molecule has 0 aliphatic heterocycles. The van der Waals surface area contributed by atoms with Gasteiger partial charge in [0, 0.05) is 38.2 Å². The first kappa shape index (κ1) is 13.3. The van der Waals surface area contributed by atoms with Crippen LogP contribution in [0.2, 0.25) is 0 Å². The summed E-state index contributed by atoms with van der Waals surface area (Å²) in [6.45, 7) is 10.1. The number of hydrogen-bond acceptors (Lipinski definition) is 2. The van der Waals surface area contributed by atoms with Gasteiger partial charge in [0.15, 0.2) is 0 Å². The van der Waals surface area contributed by atoms with Crippen LogP contribution in [-0.4, -0.2) is 24.3 Å². The highest BCUT2D eigenvalue weighted by Crippen LogP contribution is 2.12. The summed E-state index contributed by atoms with van der Waals surface area (Å²) in [6.07, 6.45) is 5.45. The number of nitrogens with zero attached hydrogens (tertiary/aromatic N) is 1. The molecular weight excluding hydrogens is 200 g/mol. The van der Waals surface area contributed by atoms with Gasteiger partial charge in [-0.05, 0) is 38.4 Å². The number of hydrogen-bond donors (Lipinski definition) is 1. The van der Waals surface area contributed by atoms with Gasteiger partial charge in [0.05, 0.1) is 0 Å². The molecule has 0 saturated heterocycles. The molecule has 1 unspecified atom stereocenters. The van der Waals surface area contributed by atoms with Crippen LogP contribution in [0.4, 0.5) is 0 Å². The minimum absolute atomic E-state index is 0.443. The molecule has 0 bridgehead atoms. The molecule has 3 heteroatoms. The maximum absolute atomic E-state index is 5.32. The third-order valence-electron chi connectivity index (χ3n) is 2.69. The van der Waals surface area contributed by atoms with E-state index in [-0.39, 0.29) is 0 Å². The Kier molecular flexibility index (Phi) is 6.19. The highest BCUT2D eigenvalue weighted by Gasteiger charge is 2.04. The van der Waals surface area contributed by atoms with Gasteiger partial charge in [0.1, 0.15) is 0 Å². The second-order valence-corrected chi connectivity index (χ2v) is 4.01. The van der Waals surface area contributed by atoms with E-state index in [4.69, 9.17) is 4.74 Å². The van der Waals surface area contributed by atoms with Crippen molar-refractivity contribution in [1.29, 1.82) is 0 Å². The van der Waals surface area contributed by atoms with Crippen LogP contribution >= 0.6 is 0 Å². The van der Waals surface area contributed by atoms with Crippen molar-refractivity contribution < 1.29 is 4.74 Å². The zero-order valence-corrected chi connectivity index (χ0v) is 10.7.